The first-order valence-corrected chi connectivity index (χ1v) is 7.27. The van der Waals surface area contributed by atoms with Crippen LogP contribution in [0.25, 0.3) is 0 Å². The summed E-state index contributed by atoms with van der Waals surface area (Å²) in [5.41, 5.74) is -1.29. The fourth-order valence-electron chi connectivity index (χ4n) is 1.87. The summed E-state index contributed by atoms with van der Waals surface area (Å²) in [5.74, 6) is -0.231. The molecule has 0 bridgehead atoms. The van der Waals surface area contributed by atoms with Gasteiger partial charge in [-0.3, -0.25) is 4.79 Å². The number of amides is 1. The number of carbonyl (C=O) groups excluding carboxylic acids is 1. The number of hydrogen-bond acceptors (Lipinski definition) is 4. The van der Waals surface area contributed by atoms with Gasteiger partial charge in [0.25, 0.3) is 0 Å². The highest BCUT2D eigenvalue weighted by Gasteiger charge is 2.29. The Hall–Kier alpha value is -0.650. The number of unbranched alkanes of at least 4 members (excludes halogenated alkanes) is 6. The van der Waals surface area contributed by atoms with Gasteiger partial charge in [-0.15, -0.1) is 0 Å². The van der Waals surface area contributed by atoms with E-state index in [2.05, 4.69) is 12.2 Å². The van der Waals surface area contributed by atoms with E-state index in [1.54, 1.807) is 0 Å². The van der Waals surface area contributed by atoms with Crippen LogP contribution in [0.15, 0.2) is 0 Å². The van der Waals surface area contributed by atoms with Crippen LogP contribution in [-0.2, 0) is 4.79 Å². The Labute approximate surface area is 116 Å². The summed E-state index contributed by atoms with van der Waals surface area (Å²) < 4.78 is 0. The van der Waals surface area contributed by atoms with Gasteiger partial charge in [-0.2, -0.15) is 0 Å². The molecule has 0 unspecified atom stereocenters. The molecule has 0 spiro atoms. The lowest BCUT2D eigenvalue weighted by atomic mass is 10.0. The van der Waals surface area contributed by atoms with E-state index in [9.17, 15) is 4.79 Å². The fraction of sp³-hybridized carbons (Fsp3) is 0.929. The molecule has 0 saturated heterocycles. The molecule has 0 aromatic rings. The lowest BCUT2D eigenvalue weighted by Crippen LogP contribution is -2.57. The van der Waals surface area contributed by atoms with Gasteiger partial charge < -0.3 is 20.6 Å². The van der Waals surface area contributed by atoms with E-state index in [4.69, 9.17) is 15.3 Å². The summed E-state index contributed by atoms with van der Waals surface area (Å²) in [6, 6.07) is 0. The Bertz CT molecular complexity index is 221. The molecule has 0 aliphatic heterocycles. The van der Waals surface area contributed by atoms with E-state index < -0.39 is 25.4 Å². The Kier molecular flexibility index (Phi) is 10.8. The van der Waals surface area contributed by atoms with Crippen LogP contribution < -0.4 is 5.32 Å². The predicted molar refractivity (Wildman–Crippen MR) is 74.7 cm³/mol. The Morgan fingerprint density at radius 2 is 1.37 bits per heavy atom. The first-order chi connectivity index (χ1) is 9.14. The first-order valence-electron chi connectivity index (χ1n) is 7.27. The summed E-state index contributed by atoms with van der Waals surface area (Å²) in [7, 11) is 0. The van der Waals surface area contributed by atoms with Gasteiger partial charge in [0.1, 0.15) is 5.54 Å². The van der Waals surface area contributed by atoms with Crippen LogP contribution in [0.3, 0.4) is 0 Å². The molecule has 19 heavy (non-hydrogen) atoms. The van der Waals surface area contributed by atoms with E-state index in [1.807, 2.05) is 0 Å². The smallest absolute Gasteiger partial charge is 0.220 e. The second-order valence-electron chi connectivity index (χ2n) is 5.17. The number of nitrogens with one attached hydrogen (secondary N) is 1. The standard InChI is InChI=1S/C14H29NO4/c1-2-3-4-5-6-7-8-9-13(19)15-14(10-16,11-17)12-18/h16-18H,2-12H2,1H3,(H,15,19). The van der Waals surface area contributed by atoms with Crippen molar-refractivity contribution in [2.45, 2.75) is 63.8 Å². The zero-order valence-electron chi connectivity index (χ0n) is 12.0. The molecule has 0 aromatic heterocycles. The zero-order chi connectivity index (χ0) is 14.6. The normalized spacial score (nSPS) is 11.6. The van der Waals surface area contributed by atoms with Gasteiger partial charge in [-0.25, -0.2) is 0 Å². The summed E-state index contributed by atoms with van der Waals surface area (Å²) >= 11 is 0. The predicted octanol–water partition coefficient (Wildman–Crippen LogP) is 0.959. The molecule has 0 rings (SSSR count). The van der Waals surface area contributed by atoms with Gasteiger partial charge in [-0.1, -0.05) is 45.4 Å². The van der Waals surface area contributed by atoms with Crippen molar-refractivity contribution in [3.8, 4) is 0 Å². The summed E-state index contributed by atoms with van der Waals surface area (Å²) in [4.78, 5) is 11.6. The van der Waals surface area contributed by atoms with Crippen molar-refractivity contribution >= 4 is 5.91 Å². The molecule has 0 aliphatic carbocycles. The van der Waals surface area contributed by atoms with E-state index >= 15 is 0 Å². The van der Waals surface area contributed by atoms with Crippen LogP contribution in [0.4, 0.5) is 0 Å². The average Bonchev–Trinajstić information content (AvgIpc) is 2.44. The highest BCUT2D eigenvalue weighted by atomic mass is 16.3. The summed E-state index contributed by atoms with van der Waals surface area (Å²) in [5, 5.41) is 29.8. The lowest BCUT2D eigenvalue weighted by molar-refractivity contribution is -0.125. The van der Waals surface area contributed by atoms with Gasteiger partial charge in [0.05, 0.1) is 19.8 Å². The van der Waals surface area contributed by atoms with Crippen molar-refractivity contribution in [3.05, 3.63) is 0 Å². The third kappa shape index (κ3) is 8.18. The Morgan fingerprint density at radius 3 is 1.84 bits per heavy atom. The van der Waals surface area contributed by atoms with Gasteiger partial charge in [0.15, 0.2) is 0 Å². The number of aliphatic hydroxyl groups excluding tert-OH is 3. The second kappa shape index (κ2) is 11.2. The van der Waals surface area contributed by atoms with Crippen LogP contribution in [-0.4, -0.2) is 46.6 Å². The molecule has 0 heterocycles. The fourth-order valence-corrected chi connectivity index (χ4v) is 1.87. The van der Waals surface area contributed by atoms with E-state index in [-0.39, 0.29) is 5.91 Å². The van der Waals surface area contributed by atoms with Crippen LogP contribution in [0, 0.1) is 0 Å². The van der Waals surface area contributed by atoms with Crippen molar-refractivity contribution in [1.29, 1.82) is 0 Å². The lowest BCUT2D eigenvalue weighted by Gasteiger charge is -2.28. The SMILES string of the molecule is CCCCCCCCCC(=O)NC(CO)(CO)CO. The maximum atomic E-state index is 11.6. The molecule has 0 atom stereocenters. The molecule has 1 amide bonds. The molecule has 114 valence electrons. The van der Waals surface area contributed by atoms with Gasteiger partial charge in [0.2, 0.25) is 5.91 Å². The quantitative estimate of drug-likeness (QED) is 0.399. The topological polar surface area (TPSA) is 89.8 Å². The van der Waals surface area contributed by atoms with Gasteiger partial charge in [0, 0.05) is 6.42 Å². The molecule has 0 radical (unpaired) electrons. The number of aliphatic hydroxyl groups is 3. The molecular formula is C14H29NO4. The van der Waals surface area contributed by atoms with Crippen LogP contribution >= 0.6 is 0 Å². The summed E-state index contributed by atoms with van der Waals surface area (Å²) in [6.07, 6.45) is 8.29. The maximum Gasteiger partial charge on any atom is 0.220 e. The summed E-state index contributed by atoms with van der Waals surface area (Å²) in [6.45, 7) is 0.772. The molecular weight excluding hydrogens is 246 g/mol. The Morgan fingerprint density at radius 1 is 0.895 bits per heavy atom. The minimum absolute atomic E-state index is 0.231. The minimum atomic E-state index is -1.29. The van der Waals surface area contributed by atoms with E-state index in [0.717, 1.165) is 19.3 Å². The van der Waals surface area contributed by atoms with Gasteiger partial charge in [-0.05, 0) is 6.42 Å². The number of carbonyl (C=O) groups is 1. The van der Waals surface area contributed by atoms with Crippen LogP contribution in [0.5, 0.6) is 0 Å². The van der Waals surface area contributed by atoms with Crippen molar-refractivity contribution in [2.24, 2.45) is 0 Å². The molecule has 5 heteroatoms. The third-order valence-corrected chi connectivity index (χ3v) is 3.32. The zero-order valence-corrected chi connectivity index (χ0v) is 12.0. The maximum absolute atomic E-state index is 11.6. The largest absolute Gasteiger partial charge is 0.394 e. The van der Waals surface area contributed by atoms with Crippen molar-refractivity contribution in [1.82, 2.24) is 5.32 Å². The van der Waals surface area contributed by atoms with E-state index in [1.165, 1.54) is 25.7 Å². The average molecular weight is 275 g/mol. The van der Waals surface area contributed by atoms with E-state index in [0.29, 0.717) is 6.42 Å². The first kappa shape index (κ1) is 18.4. The number of rotatable bonds is 12. The second-order valence-corrected chi connectivity index (χ2v) is 5.17. The van der Waals surface area contributed by atoms with Crippen LogP contribution in [0.1, 0.15) is 58.3 Å². The van der Waals surface area contributed by atoms with Crippen molar-refractivity contribution in [3.63, 3.8) is 0 Å². The molecule has 0 saturated carbocycles. The van der Waals surface area contributed by atoms with Crippen molar-refractivity contribution in [2.75, 3.05) is 19.8 Å². The Balaban J connectivity index is 3.69. The molecule has 4 N–H and O–H groups in total. The third-order valence-electron chi connectivity index (χ3n) is 3.32. The van der Waals surface area contributed by atoms with Crippen LogP contribution in [0.2, 0.25) is 0 Å². The monoisotopic (exact) mass is 275 g/mol. The van der Waals surface area contributed by atoms with Gasteiger partial charge >= 0.3 is 0 Å². The minimum Gasteiger partial charge on any atom is -0.394 e. The number of hydrogen-bond donors (Lipinski definition) is 4. The molecule has 0 aliphatic rings. The molecule has 5 nitrogen and oxygen atoms in total. The molecule has 0 aromatic carbocycles. The van der Waals surface area contributed by atoms with Crippen molar-refractivity contribution < 1.29 is 20.1 Å². The highest BCUT2D eigenvalue weighted by molar-refractivity contribution is 5.76. The highest BCUT2D eigenvalue weighted by Crippen LogP contribution is 2.09. The molecule has 0 fully saturated rings.